The van der Waals surface area contributed by atoms with Crippen molar-refractivity contribution in [3.8, 4) is 12.1 Å². The number of hydrogen-bond donors (Lipinski definition) is 0. The fourth-order valence-electron chi connectivity index (χ4n) is 5.87. The zero-order chi connectivity index (χ0) is 24.0. The number of carbonyl (C=O) groups is 1. The lowest BCUT2D eigenvalue weighted by molar-refractivity contribution is 0.0951. The molecule has 0 bridgehead atoms. The number of rotatable bonds is 3. The van der Waals surface area contributed by atoms with Gasteiger partial charge in [-0.3, -0.25) is 4.79 Å². The maximum atomic E-state index is 14.3. The molecule has 0 spiro atoms. The Kier molecular flexibility index (Phi) is 4.76. The minimum absolute atomic E-state index is 0.0917. The van der Waals surface area contributed by atoms with Crippen LogP contribution in [-0.4, -0.2) is 17.9 Å². The molecule has 0 aromatic heterocycles. The van der Waals surface area contributed by atoms with E-state index in [9.17, 15) is 15.3 Å². The van der Waals surface area contributed by atoms with E-state index in [0.717, 1.165) is 27.6 Å². The van der Waals surface area contributed by atoms with E-state index in [4.69, 9.17) is 0 Å². The van der Waals surface area contributed by atoms with Crippen LogP contribution in [-0.2, 0) is 0 Å². The molecule has 4 heteroatoms. The van der Waals surface area contributed by atoms with E-state index in [2.05, 4.69) is 12.1 Å². The van der Waals surface area contributed by atoms with Gasteiger partial charge in [-0.05, 0) is 28.0 Å². The van der Waals surface area contributed by atoms with Gasteiger partial charge in [0.05, 0.1) is 18.2 Å². The molecule has 3 atom stereocenters. The van der Waals surface area contributed by atoms with Crippen LogP contribution >= 0.6 is 0 Å². The van der Waals surface area contributed by atoms with E-state index in [0.29, 0.717) is 5.56 Å². The lowest BCUT2D eigenvalue weighted by atomic mass is 9.68. The second kappa shape index (κ2) is 7.97. The number of hydrogen-bond acceptors (Lipinski definition) is 4. The zero-order valence-electron chi connectivity index (χ0n) is 18.9. The van der Waals surface area contributed by atoms with Crippen molar-refractivity contribution >= 4 is 28.3 Å². The van der Waals surface area contributed by atoms with Crippen molar-refractivity contribution in [1.29, 1.82) is 10.5 Å². The van der Waals surface area contributed by atoms with Crippen molar-refractivity contribution in [3.63, 3.8) is 0 Å². The number of carbonyl (C=O) groups excluding carboxylic acids is 1. The lowest BCUT2D eigenvalue weighted by Gasteiger charge is -2.35. The van der Waals surface area contributed by atoms with Gasteiger partial charge in [0.1, 0.15) is 6.04 Å². The zero-order valence-corrected chi connectivity index (χ0v) is 18.9. The van der Waals surface area contributed by atoms with Crippen molar-refractivity contribution in [2.75, 3.05) is 4.90 Å². The molecule has 0 saturated carbocycles. The summed E-state index contributed by atoms with van der Waals surface area (Å²) in [5.41, 5.74) is 1.80. The number of ketones is 1. The number of fused-ring (bicyclic) bond motifs is 4. The van der Waals surface area contributed by atoms with Gasteiger partial charge >= 0.3 is 0 Å². The average molecular weight is 452 g/mol. The highest BCUT2D eigenvalue weighted by molar-refractivity contribution is 6.05. The highest BCUT2D eigenvalue weighted by Gasteiger charge is 2.63. The molecule has 4 nitrogen and oxygen atoms in total. The molecule has 0 N–H and O–H groups in total. The molecule has 1 fully saturated rings. The fourth-order valence-corrected chi connectivity index (χ4v) is 5.87. The molecular formula is C31H21N3O. The standard InChI is InChI=1S/C31H21N3O/c32-19-31(20-33)27-18-17-22-10-5-7-16-26(22)34(27)29(30(35)23-11-2-1-3-12-23)28(31)25-15-8-13-21-9-4-6-14-24(21)25/h1-18,27-29H/t27?,28-,29+/m0/s1. The summed E-state index contributed by atoms with van der Waals surface area (Å²) in [6.45, 7) is 0. The first-order chi connectivity index (χ1) is 17.2. The molecule has 0 amide bonds. The number of benzene rings is 4. The average Bonchev–Trinajstić information content (AvgIpc) is 3.23. The smallest absolute Gasteiger partial charge is 0.185 e. The number of Topliss-reactive ketones (excluding diaryl/α,β-unsaturated/α-hetero) is 1. The highest BCUT2D eigenvalue weighted by atomic mass is 16.1. The monoisotopic (exact) mass is 451 g/mol. The molecule has 35 heavy (non-hydrogen) atoms. The van der Waals surface area contributed by atoms with Gasteiger partial charge < -0.3 is 4.90 Å². The first-order valence-electron chi connectivity index (χ1n) is 11.6. The quantitative estimate of drug-likeness (QED) is 0.352. The molecule has 0 radical (unpaired) electrons. The Morgan fingerprint density at radius 3 is 2.29 bits per heavy atom. The van der Waals surface area contributed by atoms with E-state index in [1.165, 1.54) is 0 Å². The molecular weight excluding hydrogens is 430 g/mol. The minimum Gasteiger partial charge on any atom is -0.351 e. The summed E-state index contributed by atoms with van der Waals surface area (Å²) in [5.74, 6) is -0.747. The SMILES string of the molecule is N#CC1(C#N)C2C=Cc3ccccc3N2[C@@H](C(=O)c2ccccc2)[C@@H]1c1cccc2ccccc12. The van der Waals surface area contributed by atoms with E-state index in [1.54, 1.807) is 0 Å². The number of anilines is 1. The minimum atomic E-state index is -1.46. The van der Waals surface area contributed by atoms with Crippen molar-refractivity contribution in [3.05, 3.63) is 120 Å². The molecule has 1 unspecified atom stereocenters. The van der Waals surface area contributed by atoms with Crippen LogP contribution in [0.15, 0.2) is 103 Å². The molecule has 2 aliphatic heterocycles. The first kappa shape index (κ1) is 20.9. The number of nitriles is 2. The Morgan fingerprint density at radius 2 is 1.49 bits per heavy atom. The van der Waals surface area contributed by atoms with E-state index in [-0.39, 0.29) is 5.78 Å². The van der Waals surface area contributed by atoms with Gasteiger partial charge in [0.2, 0.25) is 0 Å². The van der Waals surface area contributed by atoms with Crippen molar-refractivity contribution in [1.82, 2.24) is 0 Å². The summed E-state index contributed by atoms with van der Waals surface area (Å²) in [6.07, 6.45) is 3.89. The molecule has 2 aliphatic rings. The normalized spacial score (nSPS) is 21.5. The van der Waals surface area contributed by atoms with Gasteiger partial charge in [0.25, 0.3) is 0 Å². The van der Waals surface area contributed by atoms with Gasteiger partial charge in [-0.1, -0.05) is 103 Å². The van der Waals surface area contributed by atoms with E-state index >= 15 is 0 Å². The number of para-hydroxylation sites is 1. The summed E-state index contributed by atoms with van der Waals surface area (Å²) < 4.78 is 0. The Bertz CT molecular complexity index is 1560. The largest absolute Gasteiger partial charge is 0.351 e. The Morgan fingerprint density at radius 1 is 0.800 bits per heavy atom. The van der Waals surface area contributed by atoms with E-state index < -0.39 is 23.4 Å². The summed E-state index contributed by atoms with van der Waals surface area (Å²) in [7, 11) is 0. The van der Waals surface area contributed by atoms with Gasteiger partial charge in [0.15, 0.2) is 11.2 Å². The Balaban J connectivity index is 1.68. The van der Waals surface area contributed by atoms with Crippen LogP contribution in [0.25, 0.3) is 16.8 Å². The maximum absolute atomic E-state index is 14.3. The van der Waals surface area contributed by atoms with Crippen molar-refractivity contribution < 1.29 is 4.79 Å². The fraction of sp³-hybridized carbons (Fsp3) is 0.129. The maximum Gasteiger partial charge on any atom is 0.185 e. The topological polar surface area (TPSA) is 67.9 Å². The molecule has 6 rings (SSSR count). The van der Waals surface area contributed by atoms with Gasteiger partial charge in [0, 0.05) is 17.2 Å². The van der Waals surface area contributed by atoms with Gasteiger partial charge in [-0.15, -0.1) is 0 Å². The van der Waals surface area contributed by atoms with Crippen LogP contribution < -0.4 is 4.90 Å². The Hall–Kier alpha value is -4.67. The predicted molar refractivity (Wildman–Crippen MR) is 137 cm³/mol. The summed E-state index contributed by atoms with van der Waals surface area (Å²) in [4.78, 5) is 16.3. The van der Waals surface area contributed by atoms with Crippen LogP contribution in [0.3, 0.4) is 0 Å². The summed E-state index contributed by atoms with van der Waals surface area (Å²) in [6, 6.07) is 34.5. The highest BCUT2D eigenvalue weighted by Crippen LogP contribution is 2.56. The third-order valence-electron chi connectivity index (χ3n) is 7.40. The third-order valence-corrected chi connectivity index (χ3v) is 7.40. The van der Waals surface area contributed by atoms with Crippen LogP contribution in [0.2, 0.25) is 0 Å². The van der Waals surface area contributed by atoms with Crippen LogP contribution in [0, 0.1) is 28.1 Å². The van der Waals surface area contributed by atoms with Gasteiger partial charge in [-0.25, -0.2) is 0 Å². The molecule has 4 aromatic carbocycles. The summed E-state index contributed by atoms with van der Waals surface area (Å²) in [5, 5.41) is 23.2. The van der Waals surface area contributed by atoms with Gasteiger partial charge in [-0.2, -0.15) is 10.5 Å². The molecule has 0 aliphatic carbocycles. The first-order valence-corrected chi connectivity index (χ1v) is 11.6. The molecule has 4 aromatic rings. The van der Waals surface area contributed by atoms with Crippen LogP contribution in [0.4, 0.5) is 5.69 Å². The number of nitrogens with zero attached hydrogens (tertiary/aromatic N) is 3. The Labute approximate surface area is 204 Å². The lowest BCUT2D eigenvalue weighted by Crippen LogP contribution is -2.44. The van der Waals surface area contributed by atoms with Crippen LogP contribution in [0.5, 0.6) is 0 Å². The van der Waals surface area contributed by atoms with Crippen LogP contribution in [0.1, 0.15) is 27.4 Å². The van der Waals surface area contributed by atoms with E-state index in [1.807, 2.05) is 114 Å². The molecule has 166 valence electrons. The second-order valence-electron chi connectivity index (χ2n) is 9.08. The van der Waals surface area contributed by atoms with Crippen molar-refractivity contribution in [2.24, 2.45) is 5.41 Å². The predicted octanol–water partition coefficient (Wildman–Crippen LogP) is 6.12. The van der Waals surface area contributed by atoms with Crippen molar-refractivity contribution in [2.45, 2.75) is 18.0 Å². The third kappa shape index (κ3) is 2.94. The second-order valence-corrected chi connectivity index (χ2v) is 9.08. The molecule has 2 heterocycles. The summed E-state index contributed by atoms with van der Waals surface area (Å²) >= 11 is 0. The molecule has 1 saturated heterocycles.